The van der Waals surface area contributed by atoms with Crippen molar-refractivity contribution in [2.75, 3.05) is 7.05 Å². The first-order valence-electron chi connectivity index (χ1n) is 7.46. The molecular formula is C17H26ClN. The number of rotatable bonds is 3. The highest BCUT2D eigenvalue weighted by Crippen LogP contribution is 2.40. The Bertz CT molecular complexity index is 429. The van der Waals surface area contributed by atoms with E-state index in [9.17, 15) is 0 Å². The molecule has 1 fully saturated rings. The average Bonchev–Trinajstić information content (AvgIpc) is 2.39. The molecule has 0 aromatic heterocycles. The normalized spacial score (nSPS) is 29.2. The van der Waals surface area contributed by atoms with Crippen molar-refractivity contribution in [2.24, 2.45) is 17.8 Å². The van der Waals surface area contributed by atoms with Crippen molar-refractivity contribution >= 4 is 11.6 Å². The molecule has 1 aliphatic rings. The van der Waals surface area contributed by atoms with Gasteiger partial charge in [-0.3, -0.25) is 0 Å². The zero-order valence-corrected chi connectivity index (χ0v) is 13.3. The fourth-order valence-electron chi connectivity index (χ4n) is 3.37. The fourth-order valence-corrected chi connectivity index (χ4v) is 3.56. The summed E-state index contributed by atoms with van der Waals surface area (Å²) in [5.74, 6) is 2.43. The molecule has 1 aromatic carbocycles. The standard InChI is InChI=1S/C17H26ClN/c1-11-5-7-14(9-13(11)3)17(19-4)15-8-6-12(2)16(18)10-15/h6,8,10-11,13-14,17,19H,5,7,9H2,1-4H3. The van der Waals surface area contributed by atoms with Crippen LogP contribution in [-0.2, 0) is 0 Å². The van der Waals surface area contributed by atoms with E-state index in [1.165, 1.54) is 24.8 Å². The molecule has 0 spiro atoms. The van der Waals surface area contributed by atoms with E-state index in [0.717, 1.165) is 28.3 Å². The lowest BCUT2D eigenvalue weighted by Gasteiger charge is -2.37. The minimum absolute atomic E-state index is 0.438. The molecule has 0 saturated heterocycles. The lowest BCUT2D eigenvalue weighted by molar-refractivity contribution is 0.175. The Hall–Kier alpha value is -0.530. The number of aryl methyl sites for hydroxylation is 1. The first-order valence-corrected chi connectivity index (χ1v) is 7.84. The lowest BCUT2D eigenvalue weighted by atomic mass is 9.72. The summed E-state index contributed by atoms with van der Waals surface area (Å²) >= 11 is 6.28. The Labute approximate surface area is 122 Å². The van der Waals surface area contributed by atoms with Crippen LogP contribution in [0.3, 0.4) is 0 Å². The quantitative estimate of drug-likeness (QED) is 0.823. The van der Waals surface area contributed by atoms with Crippen molar-refractivity contribution < 1.29 is 0 Å². The van der Waals surface area contributed by atoms with E-state index in [4.69, 9.17) is 11.6 Å². The maximum absolute atomic E-state index is 6.28. The van der Waals surface area contributed by atoms with Crippen molar-refractivity contribution in [3.63, 3.8) is 0 Å². The molecule has 1 aliphatic carbocycles. The summed E-state index contributed by atoms with van der Waals surface area (Å²) < 4.78 is 0. The van der Waals surface area contributed by atoms with Gasteiger partial charge >= 0.3 is 0 Å². The molecule has 4 unspecified atom stereocenters. The van der Waals surface area contributed by atoms with E-state index in [0.29, 0.717) is 6.04 Å². The third-order valence-electron chi connectivity index (χ3n) is 4.98. The third kappa shape index (κ3) is 3.32. The van der Waals surface area contributed by atoms with E-state index in [1.54, 1.807) is 0 Å². The Kier molecular flexibility index (Phi) is 4.92. The summed E-state index contributed by atoms with van der Waals surface area (Å²) in [4.78, 5) is 0. The Morgan fingerprint density at radius 3 is 2.53 bits per heavy atom. The number of halogens is 1. The summed E-state index contributed by atoms with van der Waals surface area (Å²) in [6.07, 6.45) is 3.99. The van der Waals surface area contributed by atoms with E-state index in [-0.39, 0.29) is 0 Å². The highest BCUT2D eigenvalue weighted by Gasteiger charge is 2.30. The van der Waals surface area contributed by atoms with Gasteiger partial charge in [-0.15, -0.1) is 0 Å². The van der Waals surface area contributed by atoms with Crippen LogP contribution in [0, 0.1) is 24.7 Å². The lowest BCUT2D eigenvalue weighted by Crippen LogP contribution is -2.31. The van der Waals surface area contributed by atoms with Crippen molar-refractivity contribution in [3.8, 4) is 0 Å². The smallest absolute Gasteiger partial charge is 0.0438 e. The maximum atomic E-state index is 6.28. The van der Waals surface area contributed by atoms with Gasteiger partial charge in [-0.05, 0) is 61.8 Å². The summed E-state index contributed by atoms with van der Waals surface area (Å²) in [7, 11) is 2.07. The molecule has 1 saturated carbocycles. The van der Waals surface area contributed by atoms with E-state index in [2.05, 4.69) is 51.3 Å². The van der Waals surface area contributed by atoms with Crippen LogP contribution in [0.25, 0.3) is 0 Å². The molecule has 1 N–H and O–H groups in total. The SMILES string of the molecule is CNC(c1ccc(C)c(Cl)c1)C1CCC(C)C(C)C1. The first kappa shape index (κ1) is 14.9. The molecule has 19 heavy (non-hydrogen) atoms. The molecular weight excluding hydrogens is 254 g/mol. The van der Waals surface area contributed by atoms with Crippen LogP contribution in [0.1, 0.15) is 50.3 Å². The van der Waals surface area contributed by atoms with E-state index >= 15 is 0 Å². The van der Waals surface area contributed by atoms with Crippen LogP contribution in [0.4, 0.5) is 0 Å². The molecule has 0 amide bonds. The van der Waals surface area contributed by atoms with Crippen LogP contribution in [0.15, 0.2) is 18.2 Å². The van der Waals surface area contributed by atoms with Gasteiger partial charge in [-0.2, -0.15) is 0 Å². The van der Waals surface area contributed by atoms with Gasteiger partial charge in [0.2, 0.25) is 0 Å². The molecule has 1 aromatic rings. The minimum Gasteiger partial charge on any atom is -0.313 e. The van der Waals surface area contributed by atoms with Crippen LogP contribution in [-0.4, -0.2) is 7.05 Å². The number of benzene rings is 1. The van der Waals surface area contributed by atoms with Crippen molar-refractivity contribution in [1.82, 2.24) is 5.32 Å². The van der Waals surface area contributed by atoms with Gasteiger partial charge in [0, 0.05) is 11.1 Å². The number of hydrogen-bond donors (Lipinski definition) is 1. The summed E-state index contributed by atoms with van der Waals surface area (Å²) in [6.45, 7) is 6.84. The number of hydrogen-bond acceptors (Lipinski definition) is 1. The second-order valence-corrected chi connectivity index (χ2v) is 6.71. The largest absolute Gasteiger partial charge is 0.313 e. The minimum atomic E-state index is 0.438. The second kappa shape index (κ2) is 6.28. The van der Waals surface area contributed by atoms with Gasteiger partial charge in [0.05, 0.1) is 0 Å². The van der Waals surface area contributed by atoms with Gasteiger partial charge in [0.25, 0.3) is 0 Å². The average molecular weight is 280 g/mol. The number of nitrogens with one attached hydrogen (secondary N) is 1. The van der Waals surface area contributed by atoms with E-state index < -0.39 is 0 Å². The zero-order valence-electron chi connectivity index (χ0n) is 12.5. The third-order valence-corrected chi connectivity index (χ3v) is 5.38. The summed E-state index contributed by atoms with van der Waals surface area (Å²) in [5, 5.41) is 4.40. The molecule has 2 heteroatoms. The highest BCUT2D eigenvalue weighted by atomic mass is 35.5. The van der Waals surface area contributed by atoms with Crippen molar-refractivity contribution in [1.29, 1.82) is 0 Å². The summed E-state index contributed by atoms with van der Waals surface area (Å²) in [6, 6.07) is 6.94. The van der Waals surface area contributed by atoms with Gasteiger partial charge in [-0.25, -0.2) is 0 Å². The fraction of sp³-hybridized carbons (Fsp3) is 0.647. The van der Waals surface area contributed by atoms with Gasteiger partial charge < -0.3 is 5.32 Å². The molecule has 106 valence electrons. The summed E-state index contributed by atoms with van der Waals surface area (Å²) in [5.41, 5.74) is 2.50. The Morgan fingerprint density at radius 1 is 1.21 bits per heavy atom. The van der Waals surface area contributed by atoms with Gasteiger partial charge in [0.1, 0.15) is 0 Å². The molecule has 0 heterocycles. The molecule has 4 atom stereocenters. The topological polar surface area (TPSA) is 12.0 Å². The molecule has 0 bridgehead atoms. The van der Waals surface area contributed by atoms with Crippen LogP contribution in [0.2, 0.25) is 5.02 Å². The van der Waals surface area contributed by atoms with Crippen LogP contribution >= 0.6 is 11.6 Å². The van der Waals surface area contributed by atoms with E-state index in [1.807, 2.05) is 0 Å². The monoisotopic (exact) mass is 279 g/mol. The highest BCUT2D eigenvalue weighted by molar-refractivity contribution is 6.31. The zero-order chi connectivity index (χ0) is 14.0. The molecule has 0 aliphatic heterocycles. The predicted molar refractivity (Wildman–Crippen MR) is 83.7 cm³/mol. The second-order valence-electron chi connectivity index (χ2n) is 6.30. The van der Waals surface area contributed by atoms with Crippen LogP contribution in [0.5, 0.6) is 0 Å². The molecule has 1 nitrogen and oxygen atoms in total. The maximum Gasteiger partial charge on any atom is 0.0438 e. The van der Waals surface area contributed by atoms with Gasteiger partial charge in [0.15, 0.2) is 0 Å². The van der Waals surface area contributed by atoms with Crippen molar-refractivity contribution in [3.05, 3.63) is 34.3 Å². The molecule has 0 radical (unpaired) electrons. The Balaban J connectivity index is 2.17. The Morgan fingerprint density at radius 2 is 1.95 bits per heavy atom. The van der Waals surface area contributed by atoms with Crippen LogP contribution < -0.4 is 5.32 Å². The first-order chi connectivity index (χ1) is 9.02. The predicted octanol–water partition coefficient (Wildman–Crippen LogP) is 4.98. The van der Waals surface area contributed by atoms with Crippen molar-refractivity contribution in [2.45, 2.75) is 46.1 Å². The molecule has 2 rings (SSSR count). The van der Waals surface area contributed by atoms with Gasteiger partial charge in [-0.1, -0.05) is 44.0 Å².